The minimum absolute atomic E-state index is 0.0301. The normalized spacial score (nSPS) is 22.6. The predicted octanol–water partition coefficient (Wildman–Crippen LogP) is -0.674. The number of nitrogens with two attached hydrogens (primary N) is 1. The van der Waals surface area contributed by atoms with Gasteiger partial charge in [-0.15, -0.1) is 0 Å². The van der Waals surface area contributed by atoms with Gasteiger partial charge in [0, 0.05) is 6.42 Å². The van der Waals surface area contributed by atoms with Crippen molar-refractivity contribution in [2.45, 2.75) is 45.6 Å². The highest BCUT2D eigenvalue weighted by Crippen LogP contribution is 2.38. The Hall–Kier alpha value is -1.40. The second-order valence-electron chi connectivity index (χ2n) is 5.74. The molecule has 0 bridgehead atoms. The van der Waals surface area contributed by atoms with Crippen LogP contribution >= 0.6 is 7.82 Å². The van der Waals surface area contributed by atoms with E-state index in [0.29, 0.717) is 0 Å². The predicted molar refractivity (Wildman–Crippen MR) is 96.7 cm³/mol. The van der Waals surface area contributed by atoms with Crippen molar-refractivity contribution in [2.75, 3.05) is 32.0 Å². The van der Waals surface area contributed by atoms with E-state index in [4.69, 9.17) is 20.3 Å². The highest BCUT2D eigenvalue weighted by Gasteiger charge is 2.37. The minimum atomic E-state index is -4.65. The molecule has 1 aliphatic rings. The Kier molecular flexibility index (Phi) is 9.47. The number of hydrogen-bond donors (Lipinski definition) is 4. The number of rotatable bonds is 7. The van der Waals surface area contributed by atoms with E-state index in [1.807, 2.05) is 0 Å². The number of phosphoric ester groups is 1. The Morgan fingerprint density at radius 3 is 2.41 bits per heavy atom. The first-order chi connectivity index (χ1) is 12.6. The summed E-state index contributed by atoms with van der Waals surface area (Å²) in [4.78, 5) is 38.2. The fourth-order valence-electron chi connectivity index (χ4n) is 2.43. The van der Waals surface area contributed by atoms with Crippen molar-refractivity contribution in [1.82, 2.24) is 19.4 Å². The number of aliphatic hydroxyl groups excluding tert-OH is 1. The van der Waals surface area contributed by atoms with Crippen LogP contribution in [0.15, 0.2) is 11.1 Å². The zero-order chi connectivity index (χ0) is 20.6. The maximum absolute atomic E-state index is 11.6. The second-order valence-corrected chi connectivity index (χ2v) is 6.98. The molecule has 1 aromatic heterocycles. The third-order valence-corrected chi connectivity index (χ3v) is 4.49. The molecule has 13 heteroatoms. The molecule has 0 radical (unpaired) electrons. The molecule has 0 unspecified atom stereocenters. The van der Waals surface area contributed by atoms with Crippen molar-refractivity contribution >= 4 is 13.8 Å². The highest BCUT2D eigenvalue weighted by molar-refractivity contribution is 7.46. The summed E-state index contributed by atoms with van der Waals surface area (Å²) in [5.41, 5.74) is 4.54. The Bertz CT molecular complexity index is 673. The molecule has 0 aromatic carbocycles. The molecule has 1 fully saturated rings. The molecule has 0 amide bonds. The van der Waals surface area contributed by atoms with Gasteiger partial charge >= 0.3 is 13.5 Å². The van der Waals surface area contributed by atoms with Crippen LogP contribution in [0.5, 0.6) is 0 Å². The number of hydrogen-bond acceptors (Lipinski definition) is 9. The van der Waals surface area contributed by atoms with Gasteiger partial charge in [0.05, 0.1) is 12.7 Å². The molecule has 5 N–H and O–H groups in total. The molecule has 1 aliphatic heterocycles. The number of phosphoric acid groups is 1. The molecule has 0 spiro atoms. The number of nitrogen functional groups attached to an aromatic ring is 1. The van der Waals surface area contributed by atoms with Crippen molar-refractivity contribution in [1.29, 1.82) is 0 Å². The fourth-order valence-corrected chi connectivity index (χ4v) is 2.77. The number of aliphatic hydroxyl groups is 1. The van der Waals surface area contributed by atoms with Crippen molar-refractivity contribution in [3.05, 3.63) is 16.8 Å². The van der Waals surface area contributed by atoms with Crippen LogP contribution < -0.4 is 11.4 Å². The van der Waals surface area contributed by atoms with E-state index in [-0.39, 0.29) is 12.4 Å². The zero-order valence-corrected chi connectivity index (χ0v) is 16.5. The Morgan fingerprint density at radius 1 is 1.37 bits per heavy atom. The topological polar surface area (TPSA) is 173 Å². The lowest BCUT2D eigenvalue weighted by Gasteiger charge is -2.15. The van der Waals surface area contributed by atoms with E-state index in [2.05, 4.69) is 40.2 Å². The average molecular weight is 409 g/mol. The van der Waals surface area contributed by atoms with E-state index < -0.39 is 38.6 Å². The first-order valence-corrected chi connectivity index (χ1v) is 10.1. The Morgan fingerprint density at radius 2 is 1.96 bits per heavy atom. The first kappa shape index (κ1) is 23.6. The molecular formula is C14H28N5O7P. The van der Waals surface area contributed by atoms with Gasteiger partial charge in [-0.1, -0.05) is 20.8 Å². The van der Waals surface area contributed by atoms with Crippen molar-refractivity contribution in [3.63, 3.8) is 0 Å². The molecular weight excluding hydrogens is 381 g/mol. The molecule has 0 aliphatic carbocycles. The van der Waals surface area contributed by atoms with E-state index in [1.165, 1.54) is 19.6 Å². The van der Waals surface area contributed by atoms with E-state index in [0.717, 1.165) is 10.9 Å². The summed E-state index contributed by atoms with van der Waals surface area (Å²) in [5, 5.41) is 9.72. The van der Waals surface area contributed by atoms with Crippen LogP contribution in [0.3, 0.4) is 0 Å². The number of nitrogens with zero attached hydrogens (tertiary/aromatic N) is 4. The molecule has 1 aromatic rings. The molecule has 1 saturated heterocycles. The third-order valence-electron chi connectivity index (χ3n) is 4.01. The lowest BCUT2D eigenvalue weighted by molar-refractivity contribution is -0.0453. The van der Waals surface area contributed by atoms with E-state index >= 15 is 0 Å². The molecule has 27 heavy (non-hydrogen) atoms. The lowest BCUT2D eigenvalue weighted by atomic mass is 10.2. The second kappa shape index (κ2) is 10.8. The maximum Gasteiger partial charge on any atom is 0.469 e. The number of aromatic nitrogens is 3. The van der Waals surface area contributed by atoms with Crippen LogP contribution in [0.25, 0.3) is 0 Å². The highest BCUT2D eigenvalue weighted by atomic mass is 31.2. The van der Waals surface area contributed by atoms with Gasteiger partial charge in [-0.3, -0.25) is 9.09 Å². The maximum atomic E-state index is 11.6. The smallest absolute Gasteiger partial charge is 0.390 e. The molecule has 2 rings (SSSR count). The van der Waals surface area contributed by atoms with Crippen molar-refractivity contribution in [2.24, 2.45) is 0 Å². The van der Waals surface area contributed by atoms with Crippen LogP contribution in [0, 0.1) is 0 Å². The largest absolute Gasteiger partial charge is 0.469 e. The minimum Gasteiger partial charge on any atom is -0.390 e. The van der Waals surface area contributed by atoms with Crippen LogP contribution in [0.4, 0.5) is 5.95 Å². The van der Waals surface area contributed by atoms with Crippen LogP contribution in [0.1, 0.15) is 33.4 Å². The third kappa shape index (κ3) is 8.01. The molecule has 0 saturated carbocycles. The van der Waals surface area contributed by atoms with Gasteiger partial charge in [0.15, 0.2) is 0 Å². The summed E-state index contributed by atoms with van der Waals surface area (Å²) in [5.74, 6) is -0.189. The summed E-state index contributed by atoms with van der Waals surface area (Å²) in [7, 11) is -4.65. The molecule has 2 heterocycles. The Labute approximate surface area is 157 Å². The van der Waals surface area contributed by atoms with Gasteiger partial charge in [-0.25, -0.2) is 14.3 Å². The van der Waals surface area contributed by atoms with E-state index in [1.54, 1.807) is 0 Å². The standard InChI is InChI=1S/C8H13N4O7P.C6H15N/c9-7-10-3-12(8(14)11-7)6-1-4(13)5(19-6)2-18-20(15,16)17;1-4-7(5-2)6-3/h3-6,13H,1-2H2,(H2,9,11,14)(H2,15,16,17);4-6H2,1-3H3/t4-,5+,6+;/m0./s1. The summed E-state index contributed by atoms with van der Waals surface area (Å²) in [6, 6.07) is 0. The van der Waals surface area contributed by atoms with Gasteiger partial charge in [-0.2, -0.15) is 4.98 Å². The van der Waals surface area contributed by atoms with Crippen molar-refractivity contribution < 1.29 is 28.7 Å². The monoisotopic (exact) mass is 409 g/mol. The summed E-state index contributed by atoms with van der Waals surface area (Å²) >= 11 is 0. The lowest BCUT2D eigenvalue weighted by Crippen LogP contribution is -2.29. The number of anilines is 1. The first-order valence-electron chi connectivity index (χ1n) is 8.57. The summed E-state index contributed by atoms with van der Waals surface area (Å²) < 4.78 is 21.2. The quantitative estimate of drug-likeness (QED) is 0.420. The van der Waals surface area contributed by atoms with Crippen LogP contribution in [0.2, 0.25) is 0 Å². The number of ether oxygens (including phenoxy) is 1. The van der Waals surface area contributed by atoms with Gasteiger partial charge < -0.3 is 30.3 Å². The van der Waals surface area contributed by atoms with Crippen molar-refractivity contribution in [3.8, 4) is 0 Å². The Balaban J connectivity index is 0.000000445. The molecule has 12 nitrogen and oxygen atoms in total. The van der Waals surface area contributed by atoms with Crippen LogP contribution in [-0.4, -0.2) is 72.8 Å². The van der Waals surface area contributed by atoms with Gasteiger partial charge in [0.25, 0.3) is 0 Å². The molecule has 156 valence electrons. The zero-order valence-electron chi connectivity index (χ0n) is 15.6. The van der Waals surface area contributed by atoms with Gasteiger partial charge in [0.1, 0.15) is 18.7 Å². The van der Waals surface area contributed by atoms with Crippen LogP contribution in [-0.2, 0) is 13.8 Å². The molecule has 3 atom stereocenters. The average Bonchev–Trinajstić information content (AvgIpc) is 2.95. The van der Waals surface area contributed by atoms with Gasteiger partial charge in [0.2, 0.25) is 5.95 Å². The fraction of sp³-hybridized carbons (Fsp3) is 0.786. The summed E-state index contributed by atoms with van der Waals surface area (Å²) in [6.45, 7) is 9.62. The SMILES string of the molecule is CCN(CC)CC.Nc1ncn([C@H]2C[C@H](O)[C@@H](COP(=O)(O)O)O2)c(=O)n1. The van der Waals surface area contributed by atoms with E-state index in [9.17, 15) is 14.5 Å². The summed E-state index contributed by atoms with van der Waals surface area (Å²) in [6.07, 6.45) is -1.73. The van der Waals surface area contributed by atoms with Gasteiger partial charge in [-0.05, 0) is 19.6 Å².